The molecule has 0 unspecified atom stereocenters. The van der Waals surface area contributed by atoms with Crippen molar-refractivity contribution in [3.8, 4) is 17.0 Å². The lowest BCUT2D eigenvalue weighted by atomic mass is 10.1. The van der Waals surface area contributed by atoms with Crippen LogP contribution in [-0.4, -0.2) is 16.5 Å². The van der Waals surface area contributed by atoms with Crippen molar-refractivity contribution in [2.75, 3.05) is 7.11 Å². The highest BCUT2D eigenvalue weighted by atomic mass is 16.5. The van der Waals surface area contributed by atoms with Crippen LogP contribution in [0.1, 0.15) is 11.3 Å². The summed E-state index contributed by atoms with van der Waals surface area (Å²) in [6.07, 6.45) is 0. The van der Waals surface area contributed by atoms with E-state index in [1.807, 2.05) is 50.2 Å². The number of methoxy groups -OCH3 is 1. The van der Waals surface area contributed by atoms with Crippen LogP contribution in [0.3, 0.4) is 0 Å². The number of hydrogen-bond acceptors (Lipinski definition) is 4. The van der Waals surface area contributed by atoms with Crippen molar-refractivity contribution in [2.24, 2.45) is 5.18 Å². The van der Waals surface area contributed by atoms with Crippen LogP contribution in [0, 0.1) is 18.8 Å². The van der Waals surface area contributed by atoms with Gasteiger partial charge in [-0.15, -0.1) is 4.91 Å². The molecule has 0 spiro atoms. The Balaban J connectivity index is 2.30. The van der Waals surface area contributed by atoms with Gasteiger partial charge >= 0.3 is 0 Å². The molecule has 0 aliphatic rings. The van der Waals surface area contributed by atoms with E-state index >= 15 is 0 Å². The number of aromatic nitrogens is 2. The lowest BCUT2D eigenvalue weighted by Crippen LogP contribution is -1.89. The normalized spacial score (nSPS) is 10.8. The van der Waals surface area contributed by atoms with Crippen LogP contribution in [0.4, 0.5) is 5.82 Å². The Morgan fingerprint density at radius 2 is 2.00 bits per heavy atom. The van der Waals surface area contributed by atoms with Gasteiger partial charge in [-0.05, 0) is 54.9 Å². The largest absolute Gasteiger partial charge is 0.497 e. The van der Waals surface area contributed by atoms with Gasteiger partial charge in [-0.3, -0.25) is 4.40 Å². The summed E-state index contributed by atoms with van der Waals surface area (Å²) in [5.41, 5.74) is 4.11. The molecule has 0 bridgehead atoms. The number of nitrogens with zero attached hydrogens (tertiary/aromatic N) is 3. The Kier molecular flexibility index (Phi) is 3.17. The molecule has 1 aromatic carbocycles. The predicted molar refractivity (Wildman–Crippen MR) is 82.1 cm³/mol. The molecule has 0 radical (unpaired) electrons. The minimum Gasteiger partial charge on any atom is -0.497 e. The zero-order valence-electron chi connectivity index (χ0n) is 12.1. The molecule has 0 amide bonds. The van der Waals surface area contributed by atoms with Gasteiger partial charge in [-0.2, -0.15) is 0 Å². The first-order valence-electron chi connectivity index (χ1n) is 6.62. The number of imidazole rings is 1. The number of fused-ring (bicyclic) bond motifs is 1. The summed E-state index contributed by atoms with van der Waals surface area (Å²) >= 11 is 0. The molecular weight excluding hydrogens is 266 g/mol. The minimum absolute atomic E-state index is 0.330. The van der Waals surface area contributed by atoms with Crippen molar-refractivity contribution in [3.05, 3.63) is 52.6 Å². The Bertz CT molecular complexity index is 837. The van der Waals surface area contributed by atoms with Crippen LogP contribution in [-0.2, 0) is 0 Å². The lowest BCUT2D eigenvalue weighted by Gasteiger charge is -2.06. The van der Waals surface area contributed by atoms with E-state index in [1.54, 1.807) is 11.5 Å². The van der Waals surface area contributed by atoms with Gasteiger partial charge in [-0.25, -0.2) is 4.98 Å². The number of aryl methyl sites for hydroxylation is 2. The first-order chi connectivity index (χ1) is 10.2. The average molecular weight is 281 g/mol. The maximum atomic E-state index is 11.3. The second-order valence-corrected chi connectivity index (χ2v) is 4.92. The molecule has 5 heteroatoms. The van der Waals surface area contributed by atoms with E-state index in [2.05, 4.69) is 10.2 Å². The zero-order chi connectivity index (χ0) is 15.0. The van der Waals surface area contributed by atoms with E-state index in [0.29, 0.717) is 11.5 Å². The third-order valence-corrected chi connectivity index (χ3v) is 3.59. The smallest absolute Gasteiger partial charge is 0.209 e. The molecule has 0 fully saturated rings. The Morgan fingerprint density at radius 1 is 1.19 bits per heavy atom. The molecule has 3 aromatic rings. The van der Waals surface area contributed by atoms with Gasteiger partial charge in [0.25, 0.3) is 0 Å². The highest BCUT2D eigenvalue weighted by Gasteiger charge is 2.17. The molecule has 0 aliphatic carbocycles. The molecule has 3 rings (SSSR count). The summed E-state index contributed by atoms with van der Waals surface area (Å²) in [6.45, 7) is 3.89. The summed E-state index contributed by atoms with van der Waals surface area (Å²) < 4.78 is 6.98. The Hall–Kier alpha value is -2.69. The number of benzene rings is 1. The molecule has 0 saturated carbocycles. The summed E-state index contributed by atoms with van der Waals surface area (Å²) in [4.78, 5) is 15.9. The lowest BCUT2D eigenvalue weighted by molar-refractivity contribution is 0.414. The molecule has 2 aromatic heterocycles. The highest BCUT2D eigenvalue weighted by molar-refractivity contribution is 5.77. The summed E-state index contributed by atoms with van der Waals surface area (Å²) in [5.74, 6) is 1.10. The van der Waals surface area contributed by atoms with Crippen LogP contribution in [0.15, 0.2) is 41.6 Å². The van der Waals surface area contributed by atoms with Crippen LogP contribution in [0.5, 0.6) is 5.75 Å². The van der Waals surface area contributed by atoms with Gasteiger partial charge in [0.2, 0.25) is 5.82 Å². The van der Waals surface area contributed by atoms with Crippen molar-refractivity contribution in [1.29, 1.82) is 0 Å². The predicted octanol–water partition coefficient (Wildman–Crippen LogP) is 4.02. The third-order valence-electron chi connectivity index (χ3n) is 3.59. The van der Waals surface area contributed by atoms with E-state index in [0.717, 1.165) is 28.2 Å². The molecule has 2 heterocycles. The molecular formula is C16H15N3O2. The van der Waals surface area contributed by atoms with E-state index in [9.17, 15) is 4.91 Å². The van der Waals surface area contributed by atoms with Gasteiger partial charge in [-0.1, -0.05) is 6.07 Å². The summed E-state index contributed by atoms with van der Waals surface area (Å²) in [7, 11) is 1.63. The first kappa shape index (κ1) is 13.3. The van der Waals surface area contributed by atoms with Crippen molar-refractivity contribution < 1.29 is 4.74 Å². The fourth-order valence-corrected chi connectivity index (χ4v) is 2.53. The second kappa shape index (κ2) is 5.01. The Morgan fingerprint density at radius 3 is 2.67 bits per heavy atom. The molecule has 5 nitrogen and oxygen atoms in total. The van der Waals surface area contributed by atoms with Crippen molar-refractivity contribution in [2.45, 2.75) is 13.8 Å². The monoisotopic (exact) mass is 281 g/mol. The number of rotatable bonds is 3. The number of pyridine rings is 1. The van der Waals surface area contributed by atoms with E-state index in [-0.39, 0.29) is 0 Å². The SMILES string of the molecule is COc1ccc(-c2nc3cccc(C)n3c2N=O)c(C)c1. The molecule has 0 atom stereocenters. The van der Waals surface area contributed by atoms with Crippen LogP contribution in [0.2, 0.25) is 0 Å². The van der Waals surface area contributed by atoms with Gasteiger partial charge in [0, 0.05) is 11.3 Å². The van der Waals surface area contributed by atoms with Crippen LogP contribution < -0.4 is 4.74 Å². The van der Waals surface area contributed by atoms with Crippen LogP contribution >= 0.6 is 0 Å². The van der Waals surface area contributed by atoms with E-state index in [4.69, 9.17) is 4.74 Å². The average Bonchev–Trinajstić information content (AvgIpc) is 2.86. The quantitative estimate of drug-likeness (QED) is 0.681. The zero-order valence-corrected chi connectivity index (χ0v) is 12.1. The number of ether oxygens (including phenoxy) is 1. The van der Waals surface area contributed by atoms with E-state index < -0.39 is 0 Å². The second-order valence-electron chi connectivity index (χ2n) is 4.92. The number of hydrogen-bond donors (Lipinski definition) is 0. The fourth-order valence-electron chi connectivity index (χ4n) is 2.53. The maximum Gasteiger partial charge on any atom is 0.209 e. The standard InChI is InChI=1S/C16H15N3O2/c1-10-9-12(21-3)7-8-13(10)15-16(18-20)19-11(2)5-4-6-14(19)17-15/h4-9H,1-3H3. The van der Waals surface area contributed by atoms with Gasteiger partial charge < -0.3 is 4.74 Å². The molecule has 0 aliphatic heterocycles. The van der Waals surface area contributed by atoms with Crippen molar-refractivity contribution in [3.63, 3.8) is 0 Å². The Labute approximate surface area is 122 Å². The van der Waals surface area contributed by atoms with E-state index in [1.165, 1.54) is 0 Å². The minimum atomic E-state index is 0.330. The van der Waals surface area contributed by atoms with Gasteiger partial charge in [0.05, 0.1) is 7.11 Å². The maximum absolute atomic E-state index is 11.3. The summed E-state index contributed by atoms with van der Waals surface area (Å²) in [6, 6.07) is 11.4. The van der Waals surface area contributed by atoms with Gasteiger partial charge in [0.15, 0.2) is 0 Å². The van der Waals surface area contributed by atoms with Crippen molar-refractivity contribution >= 4 is 11.5 Å². The highest BCUT2D eigenvalue weighted by Crippen LogP contribution is 2.34. The first-order valence-corrected chi connectivity index (χ1v) is 6.62. The number of nitroso groups, excluding NO2 is 1. The van der Waals surface area contributed by atoms with Crippen LogP contribution in [0.25, 0.3) is 16.9 Å². The van der Waals surface area contributed by atoms with Gasteiger partial charge in [0.1, 0.15) is 17.1 Å². The molecule has 106 valence electrons. The molecule has 0 N–H and O–H groups in total. The third kappa shape index (κ3) is 2.07. The van der Waals surface area contributed by atoms with Crippen molar-refractivity contribution in [1.82, 2.24) is 9.38 Å². The topological polar surface area (TPSA) is 56.0 Å². The fraction of sp³-hybridized carbons (Fsp3) is 0.188. The molecule has 21 heavy (non-hydrogen) atoms. The molecule has 0 saturated heterocycles. The summed E-state index contributed by atoms with van der Waals surface area (Å²) in [5, 5.41) is 3.20.